The van der Waals surface area contributed by atoms with Gasteiger partial charge in [-0.3, -0.25) is 0 Å². The standard InChI is InChI=1S/C15H17O3PS/c16-20(17)18-12-7-13-19(14-8-3-1-4-9-14)15-10-5-2-6-11-15/h1-6,8-11H,7,12-13H2,(H,16,17)/p-1. The zero-order valence-corrected chi connectivity index (χ0v) is 12.7. The number of hydrogen-bond donors (Lipinski definition) is 0. The van der Waals surface area contributed by atoms with Crippen molar-refractivity contribution in [2.24, 2.45) is 0 Å². The molecule has 0 aliphatic heterocycles. The Labute approximate surface area is 123 Å². The van der Waals surface area contributed by atoms with Crippen LogP contribution in [0.25, 0.3) is 0 Å². The van der Waals surface area contributed by atoms with E-state index in [2.05, 4.69) is 28.4 Å². The minimum absolute atomic E-state index is 0.245. The van der Waals surface area contributed by atoms with Crippen LogP contribution in [0.2, 0.25) is 0 Å². The Hall–Kier alpha value is -1.06. The predicted molar refractivity (Wildman–Crippen MR) is 83.4 cm³/mol. The van der Waals surface area contributed by atoms with E-state index in [0.717, 1.165) is 12.6 Å². The van der Waals surface area contributed by atoms with E-state index in [0.29, 0.717) is 0 Å². The van der Waals surface area contributed by atoms with Crippen molar-refractivity contribution in [1.29, 1.82) is 0 Å². The van der Waals surface area contributed by atoms with Crippen molar-refractivity contribution in [1.82, 2.24) is 0 Å². The highest BCUT2D eigenvalue weighted by Gasteiger charge is 2.12. The summed E-state index contributed by atoms with van der Waals surface area (Å²) in [6.07, 6.45) is 1.64. The largest absolute Gasteiger partial charge is 0.750 e. The maximum atomic E-state index is 10.4. The summed E-state index contributed by atoms with van der Waals surface area (Å²) in [6.45, 7) is 0.245. The fraction of sp³-hybridized carbons (Fsp3) is 0.200. The van der Waals surface area contributed by atoms with Gasteiger partial charge in [0.2, 0.25) is 0 Å². The lowest BCUT2D eigenvalue weighted by atomic mass is 10.4. The van der Waals surface area contributed by atoms with Crippen LogP contribution in [-0.2, 0) is 15.5 Å². The highest BCUT2D eigenvalue weighted by molar-refractivity contribution is 7.74. The number of benzene rings is 2. The Morgan fingerprint density at radius 3 is 1.90 bits per heavy atom. The molecule has 0 aromatic heterocycles. The van der Waals surface area contributed by atoms with Gasteiger partial charge in [-0.2, -0.15) is 0 Å². The first-order chi connectivity index (χ1) is 9.77. The van der Waals surface area contributed by atoms with E-state index in [1.54, 1.807) is 0 Å². The topological polar surface area (TPSA) is 49.4 Å². The molecule has 5 heteroatoms. The summed E-state index contributed by atoms with van der Waals surface area (Å²) in [5, 5.41) is 2.61. The van der Waals surface area contributed by atoms with Crippen molar-refractivity contribution in [2.45, 2.75) is 6.42 Å². The minimum atomic E-state index is -2.41. The second kappa shape index (κ2) is 8.28. The lowest BCUT2D eigenvalue weighted by molar-refractivity contribution is 0.301. The summed E-state index contributed by atoms with van der Waals surface area (Å²) >= 11 is -2.41. The molecule has 2 aromatic rings. The van der Waals surface area contributed by atoms with Gasteiger partial charge in [-0.1, -0.05) is 60.7 Å². The fourth-order valence-corrected chi connectivity index (χ4v) is 4.55. The lowest BCUT2D eigenvalue weighted by Crippen LogP contribution is -2.14. The van der Waals surface area contributed by atoms with Gasteiger partial charge in [0, 0.05) is 0 Å². The van der Waals surface area contributed by atoms with E-state index in [-0.39, 0.29) is 6.61 Å². The molecule has 2 rings (SSSR count). The molecule has 0 spiro atoms. The van der Waals surface area contributed by atoms with Crippen LogP contribution in [0.4, 0.5) is 0 Å². The molecule has 0 bridgehead atoms. The highest BCUT2D eigenvalue weighted by Crippen LogP contribution is 2.33. The lowest BCUT2D eigenvalue weighted by Gasteiger charge is -2.18. The van der Waals surface area contributed by atoms with Gasteiger partial charge < -0.3 is 8.74 Å². The molecule has 0 N–H and O–H groups in total. The van der Waals surface area contributed by atoms with Gasteiger partial charge >= 0.3 is 0 Å². The molecule has 0 heterocycles. The molecule has 20 heavy (non-hydrogen) atoms. The Morgan fingerprint density at radius 2 is 1.45 bits per heavy atom. The van der Waals surface area contributed by atoms with Gasteiger partial charge in [-0.15, -0.1) is 0 Å². The average Bonchev–Trinajstić information content (AvgIpc) is 2.49. The fourth-order valence-electron chi connectivity index (χ4n) is 1.97. The second-order valence-corrected chi connectivity index (χ2v) is 7.18. The smallest absolute Gasteiger partial charge is 0.0842 e. The minimum Gasteiger partial charge on any atom is -0.750 e. The van der Waals surface area contributed by atoms with Gasteiger partial charge in [0.1, 0.15) is 0 Å². The quantitative estimate of drug-likeness (QED) is 0.448. The normalized spacial score (nSPS) is 12.5. The molecule has 1 unspecified atom stereocenters. The van der Waals surface area contributed by atoms with E-state index < -0.39 is 19.3 Å². The summed E-state index contributed by atoms with van der Waals surface area (Å²) in [6, 6.07) is 20.7. The van der Waals surface area contributed by atoms with Crippen molar-refractivity contribution >= 4 is 29.9 Å². The molecule has 2 aromatic carbocycles. The third kappa shape index (κ3) is 4.80. The molecular formula is C15H16O3PS-. The van der Waals surface area contributed by atoms with Crippen molar-refractivity contribution in [3.05, 3.63) is 60.7 Å². The van der Waals surface area contributed by atoms with Crippen LogP contribution in [0.15, 0.2) is 60.7 Å². The van der Waals surface area contributed by atoms with Crippen LogP contribution < -0.4 is 10.6 Å². The molecule has 3 nitrogen and oxygen atoms in total. The van der Waals surface area contributed by atoms with Gasteiger partial charge in [-0.05, 0) is 31.1 Å². The number of hydrogen-bond acceptors (Lipinski definition) is 3. The Kier molecular flexibility index (Phi) is 6.34. The van der Waals surface area contributed by atoms with E-state index >= 15 is 0 Å². The summed E-state index contributed by atoms with van der Waals surface area (Å²) < 4.78 is 25.3. The molecule has 1 atom stereocenters. The van der Waals surface area contributed by atoms with E-state index in [1.807, 2.05) is 36.4 Å². The molecule has 0 fully saturated rings. The molecule has 0 saturated carbocycles. The first-order valence-corrected chi connectivity index (χ1v) is 8.90. The van der Waals surface area contributed by atoms with Crippen LogP contribution in [0.3, 0.4) is 0 Å². The maximum absolute atomic E-state index is 10.4. The molecule has 0 radical (unpaired) electrons. The monoisotopic (exact) mass is 307 g/mol. The van der Waals surface area contributed by atoms with Gasteiger partial charge in [0.25, 0.3) is 0 Å². The molecular weight excluding hydrogens is 291 g/mol. The summed E-state index contributed by atoms with van der Waals surface area (Å²) in [5.41, 5.74) is 0. The average molecular weight is 307 g/mol. The zero-order chi connectivity index (χ0) is 14.2. The second-order valence-electron chi connectivity index (χ2n) is 4.20. The van der Waals surface area contributed by atoms with Crippen LogP contribution in [0.5, 0.6) is 0 Å². The van der Waals surface area contributed by atoms with E-state index in [4.69, 9.17) is 0 Å². The van der Waals surface area contributed by atoms with E-state index in [9.17, 15) is 8.76 Å². The Morgan fingerprint density at radius 1 is 0.950 bits per heavy atom. The van der Waals surface area contributed by atoms with Crippen molar-refractivity contribution in [3.63, 3.8) is 0 Å². The van der Waals surface area contributed by atoms with Crippen LogP contribution in [0, 0.1) is 0 Å². The van der Waals surface area contributed by atoms with Gasteiger partial charge in [0.05, 0.1) is 18.0 Å². The molecule has 0 aliphatic carbocycles. The first kappa shape index (κ1) is 15.3. The maximum Gasteiger partial charge on any atom is 0.0842 e. The van der Waals surface area contributed by atoms with Crippen LogP contribution >= 0.6 is 7.92 Å². The molecule has 0 saturated heterocycles. The Balaban J connectivity index is 2.07. The number of rotatable bonds is 7. The van der Waals surface area contributed by atoms with Crippen LogP contribution in [-0.4, -0.2) is 21.5 Å². The summed E-state index contributed by atoms with van der Waals surface area (Å²) in [5.74, 6) is 0. The summed E-state index contributed by atoms with van der Waals surface area (Å²) in [4.78, 5) is 0. The zero-order valence-electron chi connectivity index (χ0n) is 11.0. The third-order valence-electron chi connectivity index (χ3n) is 2.84. The van der Waals surface area contributed by atoms with Crippen molar-refractivity contribution in [3.8, 4) is 0 Å². The van der Waals surface area contributed by atoms with Crippen molar-refractivity contribution < 1.29 is 12.9 Å². The van der Waals surface area contributed by atoms with Crippen LogP contribution in [0.1, 0.15) is 6.42 Å². The van der Waals surface area contributed by atoms with Gasteiger partial charge in [-0.25, -0.2) is 4.21 Å². The molecule has 106 valence electrons. The highest BCUT2D eigenvalue weighted by atomic mass is 32.2. The Bertz CT molecular complexity index is 494. The van der Waals surface area contributed by atoms with Crippen molar-refractivity contribution in [2.75, 3.05) is 12.8 Å². The first-order valence-electron chi connectivity index (χ1n) is 6.37. The van der Waals surface area contributed by atoms with E-state index in [1.165, 1.54) is 10.6 Å². The van der Waals surface area contributed by atoms with Gasteiger partial charge in [0.15, 0.2) is 0 Å². The molecule has 0 amide bonds. The molecule has 0 aliphatic rings. The SMILES string of the molecule is O=S([O-])OCCCP(c1ccccc1)c1ccccc1. The third-order valence-corrected chi connectivity index (χ3v) is 5.81. The predicted octanol–water partition coefficient (Wildman–Crippen LogP) is 2.32. The summed E-state index contributed by atoms with van der Waals surface area (Å²) in [7, 11) is -0.463.